The summed E-state index contributed by atoms with van der Waals surface area (Å²) >= 11 is 5.93. The molecular weight excluding hydrogens is 447 g/mol. The number of hydrogen-bond donors (Lipinski definition) is 1. The number of aromatic nitrogens is 1. The number of hydrogen-bond acceptors (Lipinski definition) is 5. The second kappa shape index (κ2) is 9.42. The van der Waals surface area contributed by atoms with Crippen LogP contribution in [0.5, 0.6) is 5.75 Å². The van der Waals surface area contributed by atoms with E-state index < -0.39 is 23.5 Å². The maximum Gasteiger partial charge on any atom is 0.300 e. The molecule has 1 atom stereocenters. The molecule has 0 bridgehead atoms. The quantitative estimate of drug-likeness (QED) is 0.303. The van der Waals surface area contributed by atoms with Gasteiger partial charge in [0, 0.05) is 23.6 Å². The minimum absolute atomic E-state index is 0.0890. The number of nitrogens with zero attached hydrogens (tertiary/aromatic N) is 2. The lowest BCUT2D eigenvalue weighted by atomic mass is 9.95. The van der Waals surface area contributed by atoms with Gasteiger partial charge in [-0.25, -0.2) is 4.39 Å². The Hall–Kier alpha value is -3.71. The molecule has 0 aliphatic carbocycles. The van der Waals surface area contributed by atoms with Gasteiger partial charge in [0.25, 0.3) is 11.7 Å². The number of benzene rings is 2. The number of carbonyl (C=O) groups is 2. The first-order chi connectivity index (χ1) is 15.9. The Labute approximate surface area is 194 Å². The van der Waals surface area contributed by atoms with Gasteiger partial charge in [0.15, 0.2) is 0 Å². The van der Waals surface area contributed by atoms with Crippen LogP contribution in [0, 0.1) is 5.82 Å². The van der Waals surface area contributed by atoms with Crippen molar-refractivity contribution in [3.63, 3.8) is 0 Å². The molecule has 6 nitrogen and oxygen atoms in total. The molecule has 1 unspecified atom stereocenters. The lowest BCUT2D eigenvalue weighted by molar-refractivity contribution is -0.132. The largest absolute Gasteiger partial charge is 0.507 e. The molecule has 2 aromatic carbocycles. The highest BCUT2D eigenvalue weighted by Crippen LogP contribution is 2.42. The van der Waals surface area contributed by atoms with Gasteiger partial charge in [-0.05, 0) is 66.6 Å². The van der Waals surface area contributed by atoms with E-state index in [0.717, 1.165) is 12.5 Å². The molecule has 1 aromatic heterocycles. The molecule has 3 aromatic rings. The maximum absolute atomic E-state index is 13.7. The second-order valence-corrected chi connectivity index (χ2v) is 7.83. The number of halogens is 2. The Morgan fingerprint density at radius 1 is 1.12 bits per heavy atom. The molecule has 1 N–H and O–H groups in total. The molecule has 33 heavy (non-hydrogen) atoms. The first-order valence-corrected chi connectivity index (χ1v) is 10.7. The van der Waals surface area contributed by atoms with Gasteiger partial charge in [0.05, 0.1) is 23.2 Å². The maximum atomic E-state index is 13.7. The van der Waals surface area contributed by atoms with Crippen LogP contribution in [0.1, 0.15) is 30.5 Å². The first kappa shape index (κ1) is 22.5. The predicted octanol–water partition coefficient (Wildman–Crippen LogP) is 5.29. The van der Waals surface area contributed by atoms with Crippen molar-refractivity contribution in [3.8, 4) is 5.75 Å². The van der Waals surface area contributed by atoms with Crippen molar-refractivity contribution in [2.24, 2.45) is 0 Å². The summed E-state index contributed by atoms with van der Waals surface area (Å²) in [7, 11) is 0. The molecule has 1 aliphatic rings. The van der Waals surface area contributed by atoms with Gasteiger partial charge in [0.1, 0.15) is 17.3 Å². The summed E-state index contributed by atoms with van der Waals surface area (Å²) in [5, 5.41) is 10.9. The van der Waals surface area contributed by atoms with Gasteiger partial charge < -0.3 is 9.84 Å². The van der Waals surface area contributed by atoms with Crippen LogP contribution in [-0.4, -0.2) is 28.4 Å². The molecule has 0 radical (unpaired) electrons. The summed E-state index contributed by atoms with van der Waals surface area (Å²) < 4.78 is 19.3. The second-order valence-electron chi connectivity index (χ2n) is 7.42. The third kappa shape index (κ3) is 4.32. The van der Waals surface area contributed by atoms with Crippen molar-refractivity contribution >= 4 is 34.7 Å². The number of ether oxygens (including phenoxy) is 1. The van der Waals surface area contributed by atoms with Crippen LogP contribution in [-0.2, 0) is 9.59 Å². The SMILES string of the molecule is CCCOc1ccc(/C(O)=C2\C(=O)C(=O)N(c3ccc(F)c(Cl)c3)C2c2ccncc2)cc1. The molecule has 1 saturated heterocycles. The van der Waals surface area contributed by atoms with Crippen molar-refractivity contribution in [2.75, 3.05) is 11.5 Å². The van der Waals surface area contributed by atoms with Gasteiger partial charge in [-0.15, -0.1) is 0 Å². The van der Waals surface area contributed by atoms with Crippen molar-refractivity contribution in [2.45, 2.75) is 19.4 Å². The van der Waals surface area contributed by atoms with E-state index in [1.807, 2.05) is 6.92 Å². The van der Waals surface area contributed by atoms with Crippen LogP contribution in [0.2, 0.25) is 5.02 Å². The highest BCUT2D eigenvalue weighted by molar-refractivity contribution is 6.51. The van der Waals surface area contributed by atoms with E-state index >= 15 is 0 Å². The summed E-state index contributed by atoms with van der Waals surface area (Å²) in [6.07, 6.45) is 3.89. The molecule has 4 rings (SSSR count). The number of anilines is 1. The van der Waals surface area contributed by atoms with Crippen molar-refractivity contribution in [3.05, 3.63) is 94.5 Å². The molecule has 168 valence electrons. The standard InChI is InChI=1S/C25H20ClFN2O4/c1-2-13-33-18-6-3-16(4-7-18)23(30)21-22(15-9-11-28-12-10-15)29(25(32)24(21)31)17-5-8-20(27)19(26)14-17/h3-12,14,22,30H,2,13H2,1H3/b23-21+. The third-order valence-electron chi connectivity index (χ3n) is 5.25. The molecular formula is C25H20ClFN2O4. The number of amides is 1. The Bertz CT molecular complexity index is 1230. The molecule has 1 amide bonds. The first-order valence-electron chi connectivity index (χ1n) is 10.3. The number of rotatable bonds is 6. The fraction of sp³-hybridized carbons (Fsp3) is 0.160. The number of aliphatic hydroxyl groups excluding tert-OH is 1. The number of pyridine rings is 1. The van der Waals surface area contributed by atoms with E-state index in [4.69, 9.17) is 16.3 Å². The molecule has 0 saturated carbocycles. The zero-order valence-electron chi connectivity index (χ0n) is 17.7. The van der Waals surface area contributed by atoms with Crippen molar-refractivity contribution < 1.29 is 23.8 Å². The summed E-state index contributed by atoms with van der Waals surface area (Å²) in [5.41, 5.74) is 1.05. The fourth-order valence-electron chi connectivity index (χ4n) is 3.68. The Morgan fingerprint density at radius 2 is 1.82 bits per heavy atom. The van der Waals surface area contributed by atoms with Gasteiger partial charge in [-0.2, -0.15) is 0 Å². The average Bonchev–Trinajstić information content (AvgIpc) is 3.10. The van der Waals surface area contributed by atoms with Crippen molar-refractivity contribution in [1.82, 2.24) is 4.98 Å². The van der Waals surface area contributed by atoms with Crippen LogP contribution >= 0.6 is 11.6 Å². The summed E-state index contributed by atoms with van der Waals surface area (Å²) in [6.45, 7) is 2.55. The Morgan fingerprint density at radius 3 is 2.45 bits per heavy atom. The minimum atomic E-state index is -0.953. The number of Topliss-reactive ketones (excluding diaryl/α,β-unsaturated/α-hetero) is 1. The minimum Gasteiger partial charge on any atom is -0.507 e. The topological polar surface area (TPSA) is 79.7 Å². The highest BCUT2D eigenvalue weighted by Gasteiger charge is 2.47. The molecule has 0 spiro atoms. The van der Waals surface area contributed by atoms with Crippen LogP contribution in [0.3, 0.4) is 0 Å². The Balaban J connectivity index is 1.84. The smallest absolute Gasteiger partial charge is 0.300 e. The van der Waals surface area contributed by atoms with Crippen LogP contribution in [0.25, 0.3) is 5.76 Å². The lowest BCUT2D eigenvalue weighted by Gasteiger charge is -2.25. The molecule has 1 aliphatic heterocycles. The number of carbonyl (C=O) groups excluding carboxylic acids is 2. The van der Waals surface area contributed by atoms with Crippen molar-refractivity contribution in [1.29, 1.82) is 0 Å². The van der Waals surface area contributed by atoms with E-state index in [0.29, 0.717) is 23.5 Å². The monoisotopic (exact) mass is 466 g/mol. The van der Waals surface area contributed by atoms with E-state index in [-0.39, 0.29) is 22.0 Å². The van der Waals surface area contributed by atoms with Crippen LogP contribution in [0.4, 0.5) is 10.1 Å². The lowest BCUT2D eigenvalue weighted by Crippen LogP contribution is -2.29. The zero-order chi connectivity index (χ0) is 23.5. The molecule has 2 heterocycles. The fourth-order valence-corrected chi connectivity index (χ4v) is 3.85. The molecule has 1 fully saturated rings. The van der Waals surface area contributed by atoms with Gasteiger partial charge in [-0.3, -0.25) is 19.5 Å². The third-order valence-corrected chi connectivity index (χ3v) is 5.54. The van der Waals surface area contributed by atoms with Gasteiger partial charge in [0.2, 0.25) is 0 Å². The van der Waals surface area contributed by atoms with E-state index in [9.17, 15) is 19.1 Å². The number of ketones is 1. The summed E-state index contributed by atoms with van der Waals surface area (Å²) in [5.74, 6) is -2.07. The van der Waals surface area contributed by atoms with Gasteiger partial charge in [-0.1, -0.05) is 18.5 Å². The highest BCUT2D eigenvalue weighted by atomic mass is 35.5. The average molecular weight is 467 g/mol. The van der Waals surface area contributed by atoms with Crippen LogP contribution in [0.15, 0.2) is 72.6 Å². The van der Waals surface area contributed by atoms with E-state index in [1.54, 1.807) is 36.4 Å². The van der Waals surface area contributed by atoms with E-state index in [1.165, 1.54) is 29.4 Å². The normalized spacial score (nSPS) is 17.4. The summed E-state index contributed by atoms with van der Waals surface area (Å²) in [6, 6.07) is 12.7. The van der Waals surface area contributed by atoms with E-state index in [2.05, 4.69) is 4.98 Å². The number of aliphatic hydroxyl groups is 1. The van der Waals surface area contributed by atoms with Crippen LogP contribution < -0.4 is 9.64 Å². The Kier molecular flexibility index (Phi) is 6.42. The predicted molar refractivity (Wildman–Crippen MR) is 123 cm³/mol. The molecule has 8 heteroatoms. The van der Waals surface area contributed by atoms with Gasteiger partial charge >= 0.3 is 0 Å². The summed E-state index contributed by atoms with van der Waals surface area (Å²) in [4.78, 5) is 31.3. The zero-order valence-corrected chi connectivity index (χ0v) is 18.4.